The molecule has 3 rings (SSSR count). The highest BCUT2D eigenvalue weighted by Crippen LogP contribution is 2.44. The predicted molar refractivity (Wildman–Crippen MR) is 83.3 cm³/mol. The van der Waals surface area contributed by atoms with Gasteiger partial charge in [-0.1, -0.05) is 19.8 Å². The topological polar surface area (TPSA) is 34.1 Å². The lowest BCUT2D eigenvalue weighted by Gasteiger charge is -2.42. The molecule has 0 spiro atoms. The fraction of sp³-hybridized carbons (Fsp3) is 0.812. The first-order chi connectivity index (χ1) is 9.76. The van der Waals surface area contributed by atoms with Gasteiger partial charge < -0.3 is 10.1 Å². The molecule has 3 nitrogen and oxygen atoms in total. The Hall–Kier alpha value is -0.450. The Kier molecular flexibility index (Phi) is 4.43. The molecular weight excluding hydrogens is 268 g/mol. The summed E-state index contributed by atoms with van der Waals surface area (Å²) in [6, 6.07) is 0. The van der Waals surface area contributed by atoms with Crippen LogP contribution in [0.1, 0.15) is 54.6 Å². The molecule has 1 N–H and O–H groups in total. The van der Waals surface area contributed by atoms with Crippen LogP contribution in [-0.4, -0.2) is 25.2 Å². The van der Waals surface area contributed by atoms with E-state index in [0.717, 1.165) is 13.2 Å². The number of nitrogens with one attached hydrogen (secondary N) is 1. The van der Waals surface area contributed by atoms with Gasteiger partial charge in [0.05, 0.1) is 17.8 Å². The van der Waals surface area contributed by atoms with E-state index in [2.05, 4.69) is 12.2 Å². The predicted octanol–water partition coefficient (Wildman–Crippen LogP) is 3.27. The molecular formula is C16H26N2OS. The third kappa shape index (κ3) is 2.53. The van der Waals surface area contributed by atoms with Crippen molar-refractivity contribution in [3.05, 3.63) is 15.6 Å². The highest BCUT2D eigenvalue weighted by Gasteiger charge is 2.42. The maximum Gasteiger partial charge on any atom is 0.114 e. The number of thiazole rings is 1. The Balaban J connectivity index is 1.87. The van der Waals surface area contributed by atoms with Crippen LogP contribution in [0.25, 0.3) is 0 Å². The van der Waals surface area contributed by atoms with Crippen LogP contribution in [0.5, 0.6) is 0 Å². The van der Waals surface area contributed by atoms with Crippen molar-refractivity contribution in [3.63, 3.8) is 0 Å². The maximum absolute atomic E-state index is 5.23. The zero-order valence-electron chi connectivity index (χ0n) is 12.7. The van der Waals surface area contributed by atoms with Crippen molar-refractivity contribution < 1.29 is 4.74 Å². The molecule has 1 fully saturated rings. The fourth-order valence-corrected chi connectivity index (χ4v) is 5.22. The van der Waals surface area contributed by atoms with Crippen LogP contribution in [0.2, 0.25) is 0 Å². The number of methoxy groups -OCH3 is 1. The molecule has 2 aliphatic carbocycles. The first-order valence-corrected chi connectivity index (χ1v) is 8.81. The van der Waals surface area contributed by atoms with Gasteiger partial charge in [-0.15, -0.1) is 11.3 Å². The van der Waals surface area contributed by atoms with Crippen LogP contribution in [0, 0.1) is 5.92 Å². The standard InChI is InChI=1S/C16H26N2OS/c1-12-6-3-4-9-16(12,17-10-11-19-2)15-18-13-7-5-8-14(13)20-15/h12,17H,3-11H2,1-2H3. The van der Waals surface area contributed by atoms with Crippen LogP contribution in [0.15, 0.2) is 0 Å². The second-order valence-electron chi connectivity index (χ2n) is 6.28. The van der Waals surface area contributed by atoms with E-state index in [1.807, 2.05) is 11.3 Å². The summed E-state index contributed by atoms with van der Waals surface area (Å²) in [6.07, 6.45) is 8.95. The lowest BCUT2D eigenvalue weighted by molar-refractivity contribution is 0.128. The van der Waals surface area contributed by atoms with Gasteiger partial charge in [0.15, 0.2) is 0 Å². The molecule has 0 aromatic carbocycles. The number of aromatic nitrogens is 1. The molecule has 0 radical (unpaired) electrons. The van der Waals surface area contributed by atoms with Gasteiger partial charge in [-0.25, -0.2) is 4.98 Å². The molecule has 0 amide bonds. The lowest BCUT2D eigenvalue weighted by Crippen LogP contribution is -2.50. The van der Waals surface area contributed by atoms with E-state index in [4.69, 9.17) is 9.72 Å². The Bertz CT molecular complexity index is 438. The zero-order valence-corrected chi connectivity index (χ0v) is 13.5. The van der Waals surface area contributed by atoms with Crippen molar-refractivity contribution >= 4 is 11.3 Å². The molecule has 20 heavy (non-hydrogen) atoms. The highest BCUT2D eigenvalue weighted by molar-refractivity contribution is 7.12. The van der Waals surface area contributed by atoms with Gasteiger partial charge in [-0.3, -0.25) is 0 Å². The number of hydrogen-bond acceptors (Lipinski definition) is 4. The SMILES string of the molecule is COCCNC1(c2nc3c(s2)CCC3)CCCCC1C. The molecule has 0 saturated heterocycles. The van der Waals surface area contributed by atoms with Gasteiger partial charge >= 0.3 is 0 Å². The van der Waals surface area contributed by atoms with Gasteiger partial charge in [-0.05, 0) is 38.0 Å². The summed E-state index contributed by atoms with van der Waals surface area (Å²) in [6.45, 7) is 4.09. The Labute approximate surface area is 126 Å². The molecule has 2 unspecified atom stereocenters. The first kappa shape index (κ1) is 14.5. The highest BCUT2D eigenvalue weighted by atomic mass is 32.1. The zero-order chi connectivity index (χ0) is 14.0. The minimum Gasteiger partial charge on any atom is -0.383 e. The summed E-state index contributed by atoms with van der Waals surface area (Å²) in [5.74, 6) is 0.666. The minimum absolute atomic E-state index is 0.103. The molecule has 4 heteroatoms. The van der Waals surface area contributed by atoms with Crippen molar-refractivity contribution in [1.82, 2.24) is 10.3 Å². The van der Waals surface area contributed by atoms with Gasteiger partial charge in [0, 0.05) is 18.5 Å². The number of hydrogen-bond donors (Lipinski definition) is 1. The van der Waals surface area contributed by atoms with Crippen LogP contribution >= 0.6 is 11.3 Å². The van der Waals surface area contributed by atoms with Crippen molar-refractivity contribution in [2.45, 2.75) is 57.4 Å². The van der Waals surface area contributed by atoms with Crippen molar-refractivity contribution in [2.24, 2.45) is 5.92 Å². The summed E-state index contributed by atoms with van der Waals surface area (Å²) in [4.78, 5) is 6.58. The second kappa shape index (κ2) is 6.12. The number of ether oxygens (including phenoxy) is 1. The van der Waals surface area contributed by atoms with Gasteiger partial charge in [0.1, 0.15) is 5.01 Å². The molecule has 1 aromatic heterocycles. The maximum atomic E-state index is 5.23. The fourth-order valence-electron chi connectivity index (χ4n) is 3.76. The third-order valence-electron chi connectivity index (χ3n) is 5.02. The van der Waals surface area contributed by atoms with Crippen LogP contribution in [0.4, 0.5) is 0 Å². The summed E-state index contributed by atoms with van der Waals surface area (Å²) in [5.41, 5.74) is 1.49. The lowest BCUT2D eigenvalue weighted by atomic mass is 9.74. The Morgan fingerprint density at radius 3 is 3.00 bits per heavy atom. The van der Waals surface area contributed by atoms with E-state index >= 15 is 0 Å². The number of fused-ring (bicyclic) bond motifs is 1. The average Bonchev–Trinajstić information content (AvgIpc) is 3.02. The molecule has 112 valence electrons. The van der Waals surface area contributed by atoms with Crippen molar-refractivity contribution in [3.8, 4) is 0 Å². The molecule has 0 bridgehead atoms. The number of aryl methyl sites for hydroxylation is 2. The molecule has 1 aromatic rings. The van der Waals surface area contributed by atoms with Crippen LogP contribution in [0.3, 0.4) is 0 Å². The van der Waals surface area contributed by atoms with Crippen molar-refractivity contribution in [1.29, 1.82) is 0 Å². The molecule has 2 atom stereocenters. The average molecular weight is 294 g/mol. The summed E-state index contributed by atoms with van der Waals surface area (Å²) >= 11 is 1.97. The molecule has 1 heterocycles. The van der Waals surface area contributed by atoms with E-state index < -0.39 is 0 Å². The summed E-state index contributed by atoms with van der Waals surface area (Å²) in [7, 11) is 1.77. The molecule has 2 aliphatic rings. The smallest absolute Gasteiger partial charge is 0.114 e. The van der Waals surface area contributed by atoms with E-state index in [1.165, 1.54) is 55.6 Å². The Morgan fingerprint density at radius 1 is 1.35 bits per heavy atom. The van der Waals surface area contributed by atoms with Gasteiger partial charge in [0.25, 0.3) is 0 Å². The monoisotopic (exact) mass is 294 g/mol. The third-order valence-corrected chi connectivity index (χ3v) is 6.36. The summed E-state index contributed by atoms with van der Waals surface area (Å²) in [5, 5.41) is 5.17. The molecule has 0 aliphatic heterocycles. The van der Waals surface area contributed by atoms with Crippen molar-refractivity contribution in [2.75, 3.05) is 20.3 Å². The van der Waals surface area contributed by atoms with Gasteiger partial charge in [0.2, 0.25) is 0 Å². The largest absolute Gasteiger partial charge is 0.383 e. The van der Waals surface area contributed by atoms with E-state index in [-0.39, 0.29) is 5.54 Å². The van der Waals surface area contributed by atoms with E-state index in [0.29, 0.717) is 5.92 Å². The first-order valence-electron chi connectivity index (χ1n) is 7.99. The summed E-state index contributed by atoms with van der Waals surface area (Å²) < 4.78 is 5.23. The quantitative estimate of drug-likeness (QED) is 0.846. The van der Waals surface area contributed by atoms with E-state index in [9.17, 15) is 0 Å². The normalized spacial score (nSPS) is 29.6. The number of rotatable bonds is 5. The van der Waals surface area contributed by atoms with Gasteiger partial charge in [-0.2, -0.15) is 0 Å². The van der Waals surface area contributed by atoms with Crippen LogP contribution in [-0.2, 0) is 23.1 Å². The van der Waals surface area contributed by atoms with E-state index in [1.54, 1.807) is 12.0 Å². The molecule has 1 saturated carbocycles. The second-order valence-corrected chi connectivity index (χ2v) is 7.36. The minimum atomic E-state index is 0.103. The Morgan fingerprint density at radius 2 is 2.25 bits per heavy atom. The number of nitrogens with zero attached hydrogens (tertiary/aromatic N) is 1. The van der Waals surface area contributed by atoms with Crippen LogP contribution < -0.4 is 5.32 Å².